The average Bonchev–Trinajstić information content (AvgIpc) is 2.95. The molecule has 0 radical (unpaired) electrons. The summed E-state index contributed by atoms with van der Waals surface area (Å²) in [6, 6.07) is 11.5. The van der Waals surface area contributed by atoms with Gasteiger partial charge in [-0.15, -0.1) is 0 Å². The van der Waals surface area contributed by atoms with Gasteiger partial charge in [-0.05, 0) is 42.8 Å². The fraction of sp³-hybridized carbons (Fsp3) is 0.235. The van der Waals surface area contributed by atoms with E-state index in [9.17, 15) is 0 Å². The predicted molar refractivity (Wildman–Crippen MR) is 100 cm³/mol. The van der Waals surface area contributed by atoms with Crippen LogP contribution < -0.4 is 10.6 Å². The van der Waals surface area contributed by atoms with Crippen LogP contribution in [0.4, 0.5) is 6.01 Å². The predicted octanol–water partition coefficient (Wildman–Crippen LogP) is 5.38. The zero-order chi connectivity index (χ0) is 16.9. The smallest absolute Gasteiger partial charge is 0.295 e. The second-order valence-corrected chi connectivity index (χ2v) is 6.59. The quantitative estimate of drug-likeness (QED) is 0.537. The molecule has 0 spiro atoms. The highest BCUT2D eigenvalue weighted by atomic mass is 35.5. The number of fused-ring (bicyclic) bond motifs is 1. The molecule has 1 heterocycles. The zero-order valence-corrected chi connectivity index (χ0v) is 15.0. The van der Waals surface area contributed by atoms with E-state index in [0.717, 1.165) is 37.1 Å². The summed E-state index contributed by atoms with van der Waals surface area (Å²) >= 11 is 17.8. The lowest BCUT2D eigenvalue weighted by Crippen LogP contribution is -2.17. The van der Waals surface area contributed by atoms with Crippen molar-refractivity contribution in [2.24, 2.45) is 0 Å². The van der Waals surface area contributed by atoms with Crippen LogP contribution in [0.3, 0.4) is 0 Å². The topological polar surface area (TPSA) is 50.1 Å². The molecule has 0 aliphatic carbocycles. The maximum absolute atomic E-state index is 5.99. The van der Waals surface area contributed by atoms with Crippen LogP contribution in [0.2, 0.25) is 15.1 Å². The van der Waals surface area contributed by atoms with Crippen molar-refractivity contribution in [3.8, 4) is 0 Å². The lowest BCUT2D eigenvalue weighted by molar-refractivity contribution is 0.605. The second-order valence-electron chi connectivity index (χ2n) is 5.34. The molecule has 0 unspecified atom stereocenters. The minimum atomic E-state index is 0.511. The molecular formula is C17H16Cl3N3O. The van der Waals surface area contributed by atoms with Crippen molar-refractivity contribution in [3.05, 3.63) is 57.0 Å². The van der Waals surface area contributed by atoms with Crippen LogP contribution in [0.25, 0.3) is 11.1 Å². The highest BCUT2D eigenvalue weighted by Gasteiger charge is 2.05. The molecule has 0 fully saturated rings. The van der Waals surface area contributed by atoms with Crippen LogP contribution in [0.5, 0.6) is 0 Å². The molecule has 1 aromatic heterocycles. The Hall–Kier alpha value is -1.46. The number of nitrogens with one attached hydrogen (secondary N) is 2. The Bertz CT molecular complexity index is 835. The van der Waals surface area contributed by atoms with Gasteiger partial charge in [0.05, 0.1) is 10.0 Å². The van der Waals surface area contributed by atoms with Crippen LogP contribution in [-0.4, -0.2) is 18.1 Å². The SMILES string of the molecule is Clc1ccc2nc(NCCCNCc3ccc(Cl)c(Cl)c3)oc2c1. The van der Waals surface area contributed by atoms with E-state index in [1.54, 1.807) is 12.1 Å². The first-order valence-corrected chi connectivity index (χ1v) is 8.70. The minimum Gasteiger partial charge on any atom is -0.424 e. The summed E-state index contributed by atoms with van der Waals surface area (Å²) in [5.74, 6) is 0. The summed E-state index contributed by atoms with van der Waals surface area (Å²) in [6.07, 6.45) is 0.931. The summed E-state index contributed by atoms with van der Waals surface area (Å²) in [4.78, 5) is 4.35. The van der Waals surface area contributed by atoms with Crippen molar-refractivity contribution in [3.63, 3.8) is 0 Å². The number of rotatable bonds is 7. The van der Waals surface area contributed by atoms with E-state index < -0.39 is 0 Å². The standard InChI is InChI=1S/C17H16Cl3N3O/c18-12-3-5-15-16(9-12)24-17(23-15)22-7-1-6-21-10-11-2-4-13(19)14(20)8-11/h2-5,8-9,21H,1,6-7,10H2,(H,22,23). The Morgan fingerprint density at radius 2 is 1.83 bits per heavy atom. The summed E-state index contributed by atoms with van der Waals surface area (Å²) in [5, 5.41) is 8.31. The van der Waals surface area contributed by atoms with Gasteiger partial charge in [0, 0.05) is 24.2 Å². The monoisotopic (exact) mass is 383 g/mol. The van der Waals surface area contributed by atoms with Crippen LogP contribution in [0.1, 0.15) is 12.0 Å². The molecule has 24 heavy (non-hydrogen) atoms. The largest absolute Gasteiger partial charge is 0.424 e. The number of hydrogen-bond donors (Lipinski definition) is 2. The van der Waals surface area contributed by atoms with Crippen molar-refractivity contribution < 1.29 is 4.42 Å². The molecule has 2 aromatic carbocycles. The Morgan fingerprint density at radius 1 is 0.958 bits per heavy atom. The van der Waals surface area contributed by atoms with Crippen molar-refractivity contribution in [2.75, 3.05) is 18.4 Å². The van der Waals surface area contributed by atoms with Gasteiger partial charge in [0.25, 0.3) is 6.01 Å². The minimum absolute atomic E-state index is 0.511. The maximum Gasteiger partial charge on any atom is 0.295 e. The third-order valence-corrected chi connectivity index (χ3v) is 4.44. The highest BCUT2D eigenvalue weighted by Crippen LogP contribution is 2.23. The number of aromatic nitrogens is 1. The lowest BCUT2D eigenvalue weighted by atomic mass is 10.2. The van der Waals surface area contributed by atoms with Gasteiger partial charge in [0.2, 0.25) is 0 Å². The first kappa shape index (κ1) is 17.4. The number of anilines is 1. The Kier molecular flexibility index (Phi) is 5.85. The normalized spacial score (nSPS) is 11.1. The first-order chi connectivity index (χ1) is 11.6. The van der Waals surface area contributed by atoms with E-state index >= 15 is 0 Å². The fourth-order valence-electron chi connectivity index (χ4n) is 2.27. The molecule has 0 amide bonds. The summed E-state index contributed by atoms with van der Waals surface area (Å²) in [5.41, 5.74) is 2.58. The van der Waals surface area contributed by atoms with Crippen molar-refractivity contribution >= 4 is 51.9 Å². The molecule has 0 aliphatic rings. The lowest BCUT2D eigenvalue weighted by Gasteiger charge is -2.06. The number of nitrogens with zero attached hydrogens (tertiary/aromatic N) is 1. The van der Waals surface area contributed by atoms with E-state index in [0.29, 0.717) is 26.7 Å². The number of benzene rings is 2. The Balaban J connectivity index is 1.39. The van der Waals surface area contributed by atoms with Gasteiger partial charge in [-0.2, -0.15) is 4.98 Å². The first-order valence-electron chi connectivity index (χ1n) is 7.56. The molecule has 2 N–H and O–H groups in total. The molecular weight excluding hydrogens is 369 g/mol. The molecule has 0 saturated carbocycles. The summed E-state index contributed by atoms with van der Waals surface area (Å²) in [6.45, 7) is 2.37. The van der Waals surface area contributed by atoms with Gasteiger partial charge in [0.15, 0.2) is 5.58 Å². The fourth-order valence-corrected chi connectivity index (χ4v) is 2.75. The molecule has 0 atom stereocenters. The molecule has 0 saturated heterocycles. The van der Waals surface area contributed by atoms with Crippen molar-refractivity contribution in [1.29, 1.82) is 0 Å². The Morgan fingerprint density at radius 3 is 2.67 bits per heavy atom. The van der Waals surface area contributed by atoms with E-state index in [4.69, 9.17) is 39.2 Å². The molecule has 126 valence electrons. The van der Waals surface area contributed by atoms with E-state index in [-0.39, 0.29) is 0 Å². The number of oxazole rings is 1. The molecule has 4 nitrogen and oxygen atoms in total. The van der Waals surface area contributed by atoms with Gasteiger partial charge in [-0.25, -0.2) is 0 Å². The zero-order valence-electron chi connectivity index (χ0n) is 12.8. The Labute approximate surface area is 155 Å². The third kappa shape index (κ3) is 4.54. The van der Waals surface area contributed by atoms with Crippen LogP contribution in [-0.2, 0) is 6.54 Å². The van der Waals surface area contributed by atoms with Gasteiger partial charge < -0.3 is 15.1 Å². The summed E-state index contributed by atoms with van der Waals surface area (Å²) < 4.78 is 5.59. The third-order valence-electron chi connectivity index (χ3n) is 3.47. The van der Waals surface area contributed by atoms with Gasteiger partial charge in [-0.3, -0.25) is 0 Å². The molecule has 0 bridgehead atoms. The van der Waals surface area contributed by atoms with Crippen LogP contribution >= 0.6 is 34.8 Å². The highest BCUT2D eigenvalue weighted by molar-refractivity contribution is 6.42. The number of hydrogen-bond acceptors (Lipinski definition) is 4. The van der Waals surface area contributed by atoms with E-state index in [2.05, 4.69) is 15.6 Å². The summed E-state index contributed by atoms with van der Waals surface area (Å²) in [7, 11) is 0. The van der Waals surface area contributed by atoms with E-state index in [1.165, 1.54) is 0 Å². The number of halogens is 3. The second kappa shape index (κ2) is 8.08. The average molecular weight is 385 g/mol. The molecule has 0 aliphatic heterocycles. The molecule has 3 aromatic rings. The van der Waals surface area contributed by atoms with Crippen molar-refractivity contribution in [1.82, 2.24) is 10.3 Å². The van der Waals surface area contributed by atoms with Gasteiger partial charge >= 0.3 is 0 Å². The van der Waals surface area contributed by atoms with Crippen LogP contribution in [0, 0.1) is 0 Å². The van der Waals surface area contributed by atoms with Gasteiger partial charge in [-0.1, -0.05) is 40.9 Å². The molecule has 3 rings (SSSR count). The maximum atomic E-state index is 5.99. The van der Waals surface area contributed by atoms with Gasteiger partial charge in [0.1, 0.15) is 5.52 Å². The van der Waals surface area contributed by atoms with Crippen molar-refractivity contribution in [2.45, 2.75) is 13.0 Å². The van der Waals surface area contributed by atoms with E-state index in [1.807, 2.05) is 24.3 Å². The molecule has 7 heteroatoms. The van der Waals surface area contributed by atoms with Crippen LogP contribution in [0.15, 0.2) is 40.8 Å².